The molecule has 0 aliphatic carbocycles. The number of hydrazone groups is 1. The number of fused-ring (bicyclic) bond motifs is 2. The van der Waals surface area contributed by atoms with E-state index in [4.69, 9.17) is 0 Å². The Morgan fingerprint density at radius 2 is 2.09 bits per heavy atom. The van der Waals surface area contributed by atoms with Gasteiger partial charge in [0.15, 0.2) is 0 Å². The number of pyridine rings is 1. The molecular weight excluding hydrogens is 276 g/mol. The van der Waals surface area contributed by atoms with E-state index in [1.807, 2.05) is 42.6 Å². The first kappa shape index (κ1) is 12.8. The van der Waals surface area contributed by atoms with Crippen LogP contribution in [0, 0.1) is 0 Å². The fraction of sp³-hybridized carbons (Fsp3) is 0.118. The largest absolute Gasteiger partial charge is 0.346 e. The van der Waals surface area contributed by atoms with E-state index in [-0.39, 0.29) is 5.91 Å². The van der Waals surface area contributed by atoms with E-state index in [2.05, 4.69) is 20.1 Å². The maximum absolute atomic E-state index is 12.4. The summed E-state index contributed by atoms with van der Waals surface area (Å²) < 4.78 is 2.13. The Hall–Kier alpha value is -2.95. The summed E-state index contributed by atoms with van der Waals surface area (Å²) in [5.74, 6) is -0.234. The van der Waals surface area contributed by atoms with Crippen LogP contribution in [-0.4, -0.2) is 21.2 Å². The molecule has 1 aliphatic rings. The predicted octanol–water partition coefficient (Wildman–Crippen LogP) is 2.57. The van der Waals surface area contributed by atoms with Gasteiger partial charge in [-0.05, 0) is 24.3 Å². The number of nitrogens with zero attached hydrogens (tertiary/aromatic N) is 3. The second kappa shape index (κ2) is 5.11. The lowest BCUT2D eigenvalue weighted by Gasteiger charge is -2.04. The van der Waals surface area contributed by atoms with Crippen molar-refractivity contribution in [2.75, 3.05) is 0 Å². The second-order valence-electron chi connectivity index (χ2n) is 5.22. The topological polar surface area (TPSA) is 59.3 Å². The molecule has 3 aromatic rings. The number of benzene rings is 1. The molecule has 1 amide bonds. The molecule has 0 radical (unpaired) electrons. The van der Waals surface area contributed by atoms with Crippen LogP contribution >= 0.6 is 0 Å². The zero-order valence-corrected chi connectivity index (χ0v) is 11.9. The van der Waals surface area contributed by atoms with E-state index in [1.54, 1.807) is 12.3 Å². The van der Waals surface area contributed by atoms with Crippen LogP contribution in [0.25, 0.3) is 10.9 Å². The molecule has 5 nitrogen and oxygen atoms in total. The monoisotopic (exact) mass is 290 g/mol. The molecule has 0 spiro atoms. The number of aromatic nitrogens is 2. The summed E-state index contributed by atoms with van der Waals surface area (Å²) in [4.78, 5) is 16.7. The summed E-state index contributed by atoms with van der Waals surface area (Å²) in [6, 6.07) is 13.4. The zero-order valence-electron chi connectivity index (χ0n) is 11.9. The fourth-order valence-corrected chi connectivity index (χ4v) is 2.80. The number of hydrogen-bond acceptors (Lipinski definition) is 3. The minimum Gasteiger partial charge on any atom is -0.346 e. The summed E-state index contributed by atoms with van der Waals surface area (Å²) in [5.41, 5.74) is 5.86. The standard InChI is InChI=1S/C17H14N4O/c22-17(13-6-1-4-12-5-2-9-18-16(12)13)20-19-14-8-11-21-10-3-7-15(14)21/h1-7,9-10H,8,11H2,(H,20,22). The number of carbonyl (C=O) groups excluding carboxylic acids is 1. The van der Waals surface area contributed by atoms with Gasteiger partial charge < -0.3 is 4.57 Å². The average Bonchev–Trinajstić information content (AvgIpc) is 3.16. The number of aryl methyl sites for hydroxylation is 1. The zero-order chi connectivity index (χ0) is 14.9. The van der Waals surface area contributed by atoms with E-state index in [0.717, 1.165) is 29.8 Å². The van der Waals surface area contributed by atoms with Crippen LogP contribution in [0.15, 0.2) is 60.0 Å². The first-order chi connectivity index (χ1) is 10.8. The van der Waals surface area contributed by atoms with Gasteiger partial charge in [0.1, 0.15) is 0 Å². The van der Waals surface area contributed by atoms with Crippen LogP contribution in [-0.2, 0) is 6.54 Å². The van der Waals surface area contributed by atoms with Crippen molar-refractivity contribution >= 4 is 22.5 Å². The van der Waals surface area contributed by atoms with E-state index < -0.39 is 0 Å². The number of para-hydroxylation sites is 1. The van der Waals surface area contributed by atoms with Crippen LogP contribution in [0.5, 0.6) is 0 Å². The summed E-state index contributed by atoms with van der Waals surface area (Å²) in [6.07, 6.45) is 4.55. The Balaban J connectivity index is 1.63. The molecule has 0 saturated heterocycles. The molecule has 22 heavy (non-hydrogen) atoms. The highest BCUT2D eigenvalue weighted by Gasteiger charge is 2.17. The lowest BCUT2D eigenvalue weighted by atomic mass is 10.1. The lowest BCUT2D eigenvalue weighted by Crippen LogP contribution is -2.20. The summed E-state index contributed by atoms with van der Waals surface area (Å²) in [6.45, 7) is 0.910. The van der Waals surface area contributed by atoms with Crippen LogP contribution in [0.2, 0.25) is 0 Å². The summed E-state index contributed by atoms with van der Waals surface area (Å²) >= 11 is 0. The maximum Gasteiger partial charge on any atom is 0.273 e. The van der Waals surface area contributed by atoms with Gasteiger partial charge in [0.25, 0.3) is 5.91 Å². The normalized spacial score (nSPS) is 15.2. The fourth-order valence-electron chi connectivity index (χ4n) is 2.80. The quantitative estimate of drug-likeness (QED) is 0.737. The molecule has 4 rings (SSSR count). The SMILES string of the molecule is O=C(NN=C1CCn2cccc21)c1cccc2cccnc12. The second-order valence-corrected chi connectivity index (χ2v) is 5.22. The van der Waals surface area contributed by atoms with E-state index in [1.165, 1.54) is 0 Å². The number of hydrogen-bond donors (Lipinski definition) is 1. The van der Waals surface area contributed by atoms with E-state index >= 15 is 0 Å². The highest BCUT2D eigenvalue weighted by Crippen LogP contribution is 2.17. The molecule has 0 fully saturated rings. The molecule has 0 saturated carbocycles. The van der Waals surface area contributed by atoms with E-state index in [9.17, 15) is 4.79 Å². The minimum absolute atomic E-state index is 0.234. The van der Waals surface area contributed by atoms with Gasteiger partial charge in [0, 0.05) is 30.7 Å². The lowest BCUT2D eigenvalue weighted by molar-refractivity contribution is 0.0956. The Bertz CT molecular complexity index is 889. The van der Waals surface area contributed by atoms with Crippen LogP contribution in [0.4, 0.5) is 0 Å². The van der Waals surface area contributed by atoms with Crippen molar-refractivity contribution in [3.63, 3.8) is 0 Å². The van der Waals surface area contributed by atoms with E-state index in [0.29, 0.717) is 11.1 Å². The smallest absolute Gasteiger partial charge is 0.273 e. The number of nitrogens with one attached hydrogen (secondary N) is 1. The Labute approximate surface area is 127 Å². The predicted molar refractivity (Wildman–Crippen MR) is 84.8 cm³/mol. The third kappa shape index (κ3) is 2.07. The summed E-state index contributed by atoms with van der Waals surface area (Å²) in [5, 5.41) is 5.23. The first-order valence-electron chi connectivity index (χ1n) is 7.19. The third-order valence-corrected chi connectivity index (χ3v) is 3.88. The molecule has 1 N–H and O–H groups in total. The van der Waals surface area contributed by atoms with Crippen molar-refractivity contribution in [3.05, 3.63) is 66.1 Å². The molecule has 5 heteroatoms. The maximum atomic E-state index is 12.4. The molecule has 108 valence electrons. The Morgan fingerprint density at radius 1 is 1.18 bits per heavy atom. The summed E-state index contributed by atoms with van der Waals surface area (Å²) in [7, 11) is 0. The van der Waals surface area contributed by atoms with Crippen molar-refractivity contribution in [3.8, 4) is 0 Å². The van der Waals surface area contributed by atoms with Crippen molar-refractivity contribution in [2.24, 2.45) is 5.10 Å². The van der Waals surface area contributed by atoms with Crippen LogP contribution in [0.1, 0.15) is 22.5 Å². The Kier molecular flexibility index (Phi) is 2.96. The Morgan fingerprint density at radius 3 is 3.05 bits per heavy atom. The number of rotatable bonds is 2. The molecule has 0 atom stereocenters. The minimum atomic E-state index is -0.234. The molecule has 0 bridgehead atoms. The molecule has 1 aromatic carbocycles. The molecule has 3 heterocycles. The van der Waals surface area contributed by atoms with Gasteiger partial charge >= 0.3 is 0 Å². The van der Waals surface area contributed by atoms with Crippen molar-refractivity contribution in [1.82, 2.24) is 15.0 Å². The molecule has 1 aliphatic heterocycles. The van der Waals surface area contributed by atoms with Crippen molar-refractivity contribution in [1.29, 1.82) is 0 Å². The van der Waals surface area contributed by atoms with Crippen molar-refractivity contribution < 1.29 is 4.79 Å². The van der Waals surface area contributed by atoms with Gasteiger partial charge in [-0.2, -0.15) is 5.10 Å². The van der Waals surface area contributed by atoms with Gasteiger partial charge in [-0.1, -0.05) is 18.2 Å². The first-order valence-corrected chi connectivity index (χ1v) is 7.19. The average molecular weight is 290 g/mol. The van der Waals surface area contributed by atoms with Gasteiger partial charge in [0.05, 0.1) is 22.5 Å². The van der Waals surface area contributed by atoms with Crippen molar-refractivity contribution in [2.45, 2.75) is 13.0 Å². The van der Waals surface area contributed by atoms with Crippen LogP contribution in [0.3, 0.4) is 0 Å². The van der Waals surface area contributed by atoms with Crippen LogP contribution < -0.4 is 5.43 Å². The number of carbonyl (C=O) groups is 1. The molecule has 0 unspecified atom stereocenters. The highest BCUT2D eigenvalue weighted by atomic mass is 16.2. The van der Waals surface area contributed by atoms with Gasteiger partial charge in [-0.15, -0.1) is 0 Å². The number of amides is 1. The third-order valence-electron chi connectivity index (χ3n) is 3.88. The van der Waals surface area contributed by atoms with Gasteiger partial charge in [0.2, 0.25) is 0 Å². The van der Waals surface area contributed by atoms with Gasteiger partial charge in [-0.3, -0.25) is 9.78 Å². The molecular formula is C17H14N4O. The highest BCUT2D eigenvalue weighted by molar-refractivity contribution is 6.07. The van der Waals surface area contributed by atoms with Gasteiger partial charge in [-0.25, -0.2) is 5.43 Å². The molecule has 2 aromatic heterocycles.